The van der Waals surface area contributed by atoms with E-state index in [9.17, 15) is 4.79 Å². The van der Waals surface area contributed by atoms with Crippen molar-refractivity contribution in [2.24, 2.45) is 0 Å². The average molecular weight is 250 g/mol. The molecule has 1 N–H and O–H groups in total. The molecule has 4 nitrogen and oxygen atoms in total. The van der Waals surface area contributed by atoms with Gasteiger partial charge in [-0.25, -0.2) is 0 Å². The van der Waals surface area contributed by atoms with Gasteiger partial charge >= 0.3 is 5.97 Å². The summed E-state index contributed by atoms with van der Waals surface area (Å²) in [7, 11) is 5.22. The number of rotatable bonds is 6. The second-order valence-electron chi connectivity index (χ2n) is 4.36. The van der Waals surface area contributed by atoms with E-state index in [0.717, 1.165) is 6.54 Å². The van der Waals surface area contributed by atoms with Gasteiger partial charge in [-0.3, -0.25) is 4.79 Å². The number of methoxy groups -OCH3 is 1. The van der Waals surface area contributed by atoms with Crippen molar-refractivity contribution in [1.29, 1.82) is 0 Å². The molecule has 1 aromatic carbocycles. The third-order valence-electron chi connectivity index (χ3n) is 3.11. The number of carbonyl (C=O) groups excluding carboxylic acids is 1. The Hall–Kier alpha value is -1.55. The van der Waals surface area contributed by atoms with Crippen molar-refractivity contribution in [1.82, 2.24) is 5.32 Å². The van der Waals surface area contributed by atoms with Crippen LogP contribution in [0.1, 0.15) is 12.0 Å². The summed E-state index contributed by atoms with van der Waals surface area (Å²) in [5, 5.41) is 2.97. The van der Waals surface area contributed by atoms with Gasteiger partial charge in [-0.15, -0.1) is 0 Å². The van der Waals surface area contributed by atoms with Gasteiger partial charge in [0.2, 0.25) is 0 Å². The van der Waals surface area contributed by atoms with E-state index in [-0.39, 0.29) is 12.0 Å². The third kappa shape index (κ3) is 3.74. The Labute approximate surface area is 109 Å². The lowest BCUT2D eigenvalue weighted by Gasteiger charge is -2.23. The highest BCUT2D eigenvalue weighted by molar-refractivity contribution is 5.75. The molecule has 1 atom stereocenters. The second kappa shape index (κ2) is 7.01. The van der Waals surface area contributed by atoms with Gasteiger partial charge in [0.15, 0.2) is 0 Å². The van der Waals surface area contributed by atoms with Crippen molar-refractivity contribution >= 4 is 11.7 Å². The summed E-state index contributed by atoms with van der Waals surface area (Å²) < 4.78 is 4.75. The van der Waals surface area contributed by atoms with Crippen molar-refractivity contribution in [2.45, 2.75) is 19.4 Å². The summed E-state index contributed by atoms with van der Waals surface area (Å²) in [6.45, 7) is 2.88. The first kappa shape index (κ1) is 14.5. The normalized spacial score (nSPS) is 12.0. The van der Waals surface area contributed by atoms with Gasteiger partial charge in [-0.05, 0) is 32.0 Å². The number of nitrogens with zero attached hydrogens (tertiary/aromatic N) is 1. The number of para-hydroxylation sites is 1. The topological polar surface area (TPSA) is 41.6 Å². The van der Waals surface area contributed by atoms with Crippen LogP contribution in [0.3, 0.4) is 0 Å². The quantitative estimate of drug-likeness (QED) is 0.778. The number of likely N-dealkylation sites (N-methyl/N-ethyl adjacent to an activating group) is 1. The van der Waals surface area contributed by atoms with Crippen LogP contribution < -0.4 is 10.2 Å². The highest BCUT2D eigenvalue weighted by Gasteiger charge is 2.17. The molecule has 1 unspecified atom stereocenters. The van der Waals surface area contributed by atoms with Crippen molar-refractivity contribution in [3.05, 3.63) is 29.8 Å². The van der Waals surface area contributed by atoms with Gasteiger partial charge in [0.1, 0.15) is 6.04 Å². The number of aryl methyl sites for hydroxylation is 1. The third-order valence-corrected chi connectivity index (χ3v) is 3.11. The number of esters is 1. The number of carbonyl (C=O) groups is 1. The van der Waals surface area contributed by atoms with E-state index in [1.807, 2.05) is 19.2 Å². The van der Waals surface area contributed by atoms with Gasteiger partial charge in [0.25, 0.3) is 0 Å². The molecule has 0 bridgehead atoms. The van der Waals surface area contributed by atoms with E-state index in [2.05, 4.69) is 29.3 Å². The molecule has 4 heteroatoms. The molecule has 0 heterocycles. The monoisotopic (exact) mass is 250 g/mol. The van der Waals surface area contributed by atoms with Crippen LogP contribution in [0.15, 0.2) is 24.3 Å². The molecule has 0 fully saturated rings. The highest BCUT2D eigenvalue weighted by Crippen LogP contribution is 2.18. The number of anilines is 1. The second-order valence-corrected chi connectivity index (χ2v) is 4.36. The average Bonchev–Trinajstić information content (AvgIpc) is 2.39. The van der Waals surface area contributed by atoms with Crippen LogP contribution in [-0.2, 0) is 9.53 Å². The maximum Gasteiger partial charge on any atom is 0.322 e. The Balaban J connectivity index is 2.58. The molecule has 18 heavy (non-hydrogen) atoms. The number of hydrogen-bond acceptors (Lipinski definition) is 4. The number of nitrogens with one attached hydrogen (secondary N) is 1. The lowest BCUT2D eigenvalue weighted by Crippen LogP contribution is -2.38. The van der Waals surface area contributed by atoms with Gasteiger partial charge in [0, 0.05) is 19.3 Å². The van der Waals surface area contributed by atoms with E-state index in [4.69, 9.17) is 4.74 Å². The lowest BCUT2D eigenvalue weighted by molar-refractivity contribution is -0.143. The zero-order valence-electron chi connectivity index (χ0n) is 11.6. The maximum atomic E-state index is 11.5. The van der Waals surface area contributed by atoms with Crippen molar-refractivity contribution in [2.75, 3.05) is 32.6 Å². The Kier molecular flexibility index (Phi) is 5.65. The van der Waals surface area contributed by atoms with Crippen LogP contribution in [0.25, 0.3) is 0 Å². The van der Waals surface area contributed by atoms with Crippen LogP contribution in [0, 0.1) is 6.92 Å². The summed E-state index contributed by atoms with van der Waals surface area (Å²) in [4.78, 5) is 13.6. The standard InChI is InChI=1S/C14H22N2O2/c1-11-7-5-6-8-13(11)16(3)10-9-12(15-2)14(17)18-4/h5-8,12,15H,9-10H2,1-4H3. The van der Waals surface area contributed by atoms with Crippen molar-refractivity contribution < 1.29 is 9.53 Å². The minimum atomic E-state index is -0.249. The Morgan fingerprint density at radius 1 is 1.44 bits per heavy atom. The Bertz CT molecular complexity index is 393. The molecule has 0 aromatic heterocycles. The van der Waals surface area contributed by atoms with Crippen molar-refractivity contribution in [3.8, 4) is 0 Å². The fourth-order valence-corrected chi connectivity index (χ4v) is 1.96. The lowest BCUT2D eigenvalue weighted by atomic mass is 10.1. The van der Waals surface area contributed by atoms with Crippen LogP contribution >= 0.6 is 0 Å². The molecular formula is C14H22N2O2. The molecule has 0 radical (unpaired) electrons. The van der Waals surface area contributed by atoms with Gasteiger partial charge in [-0.2, -0.15) is 0 Å². The van der Waals surface area contributed by atoms with Gasteiger partial charge in [0.05, 0.1) is 7.11 Å². The Morgan fingerprint density at radius 3 is 2.67 bits per heavy atom. The molecule has 0 aliphatic carbocycles. The summed E-state index contributed by atoms with van der Waals surface area (Å²) >= 11 is 0. The number of hydrogen-bond donors (Lipinski definition) is 1. The first-order chi connectivity index (χ1) is 8.60. The van der Waals surface area contributed by atoms with Crippen LogP contribution in [0.2, 0.25) is 0 Å². The van der Waals surface area contributed by atoms with Crippen molar-refractivity contribution in [3.63, 3.8) is 0 Å². The predicted octanol–water partition coefficient (Wildman–Crippen LogP) is 1.58. The number of ether oxygens (including phenoxy) is 1. The number of benzene rings is 1. The van der Waals surface area contributed by atoms with Crippen LogP contribution in [-0.4, -0.2) is 39.8 Å². The molecule has 0 saturated heterocycles. The molecule has 0 amide bonds. The summed E-state index contributed by atoms with van der Waals surface area (Å²) in [6, 6.07) is 7.97. The van der Waals surface area contributed by atoms with Crippen LogP contribution in [0.4, 0.5) is 5.69 Å². The van der Waals surface area contributed by atoms with Crippen LogP contribution in [0.5, 0.6) is 0 Å². The fourth-order valence-electron chi connectivity index (χ4n) is 1.96. The van der Waals surface area contributed by atoms with E-state index in [0.29, 0.717) is 6.42 Å². The van der Waals surface area contributed by atoms with E-state index >= 15 is 0 Å². The molecular weight excluding hydrogens is 228 g/mol. The highest BCUT2D eigenvalue weighted by atomic mass is 16.5. The molecule has 0 aliphatic heterocycles. The predicted molar refractivity (Wildman–Crippen MR) is 73.9 cm³/mol. The fraction of sp³-hybridized carbons (Fsp3) is 0.500. The molecule has 0 spiro atoms. The zero-order valence-corrected chi connectivity index (χ0v) is 11.6. The zero-order chi connectivity index (χ0) is 13.5. The minimum Gasteiger partial charge on any atom is -0.468 e. The summed E-state index contributed by atoms with van der Waals surface area (Å²) in [5.74, 6) is -0.212. The molecule has 0 aliphatic rings. The minimum absolute atomic E-state index is 0.212. The van der Waals surface area contributed by atoms with E-state index in [1.165, 1.54) is 18.4 Å². The largest absolute Gasteiger partial charge is 0.468 e. The molecule has 100 valence electrons. The summed E-state index contributed by atoms with van der Waals surface area (Å²) in [6.07, 6.45) is 0.716. The summed E-state index contributed by atoms with van der Waals surface area (Å²) in [5.41, 5.74) is 2.43. The smallest absolute Gasteiger partial charge is 0.322 e. The van der Waals surface area contributed by atoms with E-state index in [1.54, 1.807) is 7.05 Å². The molecule has 1 aromatic rings. The first-order valence-electron chi connectivity index (χ1n) is 6.12. The Morgan fingerprint density at radius 2 is 2.11 bits per heavy atom. The molecule has 1 rings (SSSR count). The SMILES string of the molecule is CNC(CCN(C)c1ccccc1C)C(=O)OC. The molecule has 0 saturated carbocycles. The van der Waals surface area contributed by atoms with E-state index < -0.39 is 0 Å². The van der Waals surface area contributed by atoms with Gasteiger partial charge in [-0.1, -0.05) is 18.2 Å². The van der Waals surface area contributed by atoms with Gasteiger partial charge < -0.3 is 15.0 Å². The maximum absolute atomic E-state index is 11.5. The first-order valence-corrected chi connectivity index (χ1v) is 6.12.